The molecule has 1 fully saturated rings. The number of carbonyl (C=O) groups excluding carboxylic acids is 2. The van der Waals surface area contributed by atoms with Crippen LogP contribution in [0, 0.1) is 0 Å². The second-order valence-corrected chi connectivity index (χ2v) is 6.67. The van der Waals surface area contributed by atoms with Crippen LogP contribution in [0.25, 0.3) is 0 Å². The number of hydrogen-bond acceptors (Lipinski definition) is 4. The molecule has 0 bridgehead atoms. The second kappa shape index (κ2) is 9.26. The fourth-order valence-electron chi connectivity index (χ4n) is 3.32. The van der Waals surface area contributed by atoms with Crippen molar-refractivity contribution in [2.75, 3.05) is 20.3 Å². The smallest absolute Gasteiger partial charge is 0.251 e. The first-order chi connectivity index (χ1) is 13.6. The number of rotatable bonds is 8. The molecule has 0 saturated carbocycles. The summed E-state index contributed by atoms with van der Waals surface area (Å²) in [6.07, 6.45) is 1.54. The lowest BCUT2D eigenvalue weighted by atomic mass is 10.1. The van der Waals surface area contributed by atoms with Crippen molar-refractivity contribution in [2.45, 2.75) is 32.9 Å². The van der Waals surface area contributed by atoms with E-state index in [1.54, 1.807) is 25.3 Å². The van der Waals surface area contributed by atoms with Crippen LogP contribution in [-0.4, -0.2) is 37.0 Å². The lowest BCUT2D eigenvalue weighted by Crippen LogP contribution is -2.26. The number of carbonyl (C=O) groups is 2. The topological polar surface area (TPSA) is 67.9 Å². The summed E-state index contributed by atoms with van der Waals surface area (Å²) in [6, 6.07) is 13.0. The van der Waals surface area contributed by atoms with E-state index < -0.39 is 0 Å². The van der Waals surface area contributed by atoms with Gasteiger partial charge in [0.25, 0.3) is 5.91 Å². The molecule has 1 heterocycles. The first-order valence-corrected chi connectivity index (χ1v) is 9.56. The molecule has 3 rings (SSSR count). The minimum absolute atomic E-state index is 0.187. The lowest BCUT2D eigenvalue weighted by molar-refractivity contribution is -0.128. The number of ether oxygens (including phenoxy) is 2. The zero-order valence-electron chi connectivity index (χ0n) is 16.4. The second-order valence-electron chi connectivity index (χ2n) is 6.67. The summed E-state index contributed by atoms with van der Waals surface area (Å²) in [4.78, 5) is 26.4. The molecule has 0 aliphatic carbocycles. The van der Waals surface area contributed by atoms with Crippen molar-refractivity contribution >= 4 is 11.8 Å². The van der Waals surface area contributed by atoms with Gasteiger partial charge in [0, 0.05) is 31.6 Å². The quantitative estimate of drug-likeness (QED) is 0.762. The predicted molar refractivity (Wildman–Crippen MR) is 106 cm³/mol. The number of likely N-dealkylation sites (tertiary alicyclic amines) is 1. The highest BCUT2D eigenvalue weighted by Gasteiger charge is 2.21. The van der Waals surface area contributed by atoms with Crippen molar-refractivity contribution in [1.29, 1.82) is 0 Å². The maximum atomic E-state index is 12.6. The first-order valence-electron chi connectivity index (χ1n) is 9.56. The molecule has 2 aromatic carbocycles. The number of hydrogen-bond donors (Lipinski definition) is 1. The maximum Gasteiger partial charge on any atom is 0.251 e. The van der Waals surface area contributed by atoms with Crippen molar-refractivity contribution in [3.8, 4) is 11.5 Å². The molecular formula is C22H26N2O4. The Balaban J connectivity index is 1.67. The first kappa shape index (κ1) is 19.7. The van der Waals surface area contributed by atoms with Gasteiger partial charge in [0.05, 0.1) is 13.7 Å². The van der Waals surface area contributed by atoms with Gasteiger partial charge in [-0.3, -0.25) is 9.59 Å². The molecule has 1 aliphatic heterocycles. The molecule has 0 unspecified atom stereocenters. The van der Waals surface area contributed by atoms with E-state index in [-0.39, 0.29) is 11.8 Å². The van der Waals surface area contributed by atoms with Gasteiger partial charge in [-0.15, -0.1) is 0 Å². The zero-order chi connectivity index (χ0) is 19.9. The largest absolute Gasteiger partial charge is 0.493 e. The highest BCUT2D eigenvalue weighted by molar-refractivity contribution is 5.94. The molecular weight excluding hydrogens is 356 g/mol. The zero-order valence-corrected chi connectivity index (χ0v) is 16.4. The van der Waals surface area contributed by atoms with Crippen molar-refractivity contribution in [1.82, 2.24) is 10.2 Å². The molecule has 0 aromatic heterocycles. The molecule has 148 valence electrons. The van der Waals surface area contributed by atoms with Crippen LogP contribution >= 0.6 is 0 Å². The average molecular weight is 382 g/mol. The third-order valence-corrected chi connectivity index (χ3v) is 4.82. The van der Waals surface area contributed by atoms with Crippen LogP contribution in [0.2, 0.25) is 0 Å². The van der Waals surface area contributed by atoms with Gasteiger partial charge >= 0.3 is 0 Å². The Morgan fingerprint density at radius 1 is 1.14 bits per heavy atom. The van der Waals surface area contributed by atoms with E-state index >= 15 is 0 Å². The Morgan fingerprint density at radius 3 is 2.61 bits per heavy atom. The van der Waals surface area contributed by atoms with Gasteiger partial charge in [-0.05, 0) is 42.7 Å². The van der Waals surface area contributed by atoms with E-state index in [1.165, 1.54) is 0 Å². The molecule has 28 heavy (non-hydrogen) atoms. The van der Waals surface area contributed by atoms with Crippen LogP contribution in [0.5, 0.6) is 11.5 Å². The van der Waals surface area contributed by atoms with Crippen molar-refractivity contribution in [3.05, 3.63) is 59.2 Å². The van der Waals surface area contributed by atoms with Gasteiger partial charge in [-0.2, -0.15) is 0 Å². The Hall–Kier alpha value is -3.02. The number of benzene rings is 2. The van der Waals surface area contributed by atoms with Gasteiger partial charge < -0.3 is 19.7 Å². The minimum Gasteiger partial charge on any atom is -0.493 e. The summed E-state index contributed by atoms with van der Waals surface area (Å²) in [5, 5.41) is 2.96. The SMILES string of the molecule is CCOc1ccc(C(=O)NCc2ccccc2CN2CCCC2=O)cc1OC. The van der Waals surface area contributed by atoms with Gasteiger partial charge in [0.15, 0.2) is 11.5 Å². The van der Waals surface area contributed by atoms with Gasteiger partial charge in [-0.1, -0.05) is 24.3 Å². The molecule has 2 aromatic rings. The van der Waals surface area contributed by atoms with Crippen molar-refractivity contribution < 1.29 is 19.1 Å². The number of amides is 2. The highest BCUT2D eigenvalue weighted by atomic mass is 16.5. The average Bonchev–Trinajstić information content (AvgIpc) is 3.12. The van der Waals surface area contributed by atoms with Crippen LogP contribution in [0.1, 0.15) is 41.3 Å². The maximum absolute atomic E-state index is 12.6. The molecule has 1 N–H and O–H groups in total. The lowest BCUT2D eigenvalue weighted by Gasteiger charge is -2.18. The van der Waals surface area contributed by atoms with Crippen LogP contribution < -0.4 is 14.8 Å². The standard InChI is InChI=1S/C22H26N2O4/c1-3-28-19-11-10-16(13-20(19)27-2)22(26)23-14-17-7-4-5-8-18(17)15-24-12-6-9-21(24)25/h4-5,7-8,10-11,13H,3,6,9,12,14-15H2,1-2H3,(H,23,26). The summed E-state index contributed by atoms with van der Waals surface area (Å²) in [5.41, 5.74) is 2.57. The third-order valence-electron chi connectivity index (χ3n) is 4.82. The van der Waals surface area contributed by atoms with E-state index in [2.05, 4.69) is 5.32 Å². The molecule has 0 atom stereocenters. The van der Waals surface area contributed by atoms with Gasteiger partial charge in [0.2, 0.25) is 5.91 Å². The fraction of sp³-hybridized carbons (Fsp3) is 0.364. The number of methoxy groups -OCH3 is 1. The van der Waals surface area contributed by atoms with E-state index in [1.807, 2.05) is 36.1 Å². The van der Waals surface area contributed by atoms with Gasteiger partial charge in [0.1, 0.15) is 0 Å². The van der Waals surface area contributed by atoms with Crippen molar-refractivity contribution in [2.24, 2.45) is 0 Å². The summed E-state index contributed by atoms with van der Waals surface area (Å²) in [5.74, 6) is 1.15. The Labute approximate surface area is 165 Å². The van der Waals surface area contributed by atoms with Crippen LogP contribution in [0.4, 0.5) is 0 Å². The number of nitrogens with zero attached hydrogens (tertiary/aromatic N) is 1. The molecule has 0 spiro atoms. The van der Waals surface area contributed by atoms with Crippen LogP contribution in [-0.2, 0) is 17.9 Å². The fourth-order valence-corrected chi connectivity index (χ4v) is 3.32. The Morgan fingerprint density at radius 2 is 1.93 bits per heavy atom. The molecule has 0 radical (unpaired) electrons. The van der Waals surface area contributed by atoms with Crippen LogP contribution in [0.15, 0.2) is 42.5 Å². The molecule has 2 amide bonds. The van der Waals surface area contributed by atoms with Crippen LogP contribution in [0.3, 0.4) is 0 Å². The summed E-state index contributed by atoms with van der Waals surface area (Å²) in [6.45, 7) is 4.20. The summed E-state index contributed by atoms with van der Waals surface area (Å²) in [7, 11) is 1.55. The van der Waals surface area contributed by atoms with Gasteiger partial charge in [-0.25, -0.2) is 0 Å². The minimum atomic E-state index is -0.187. The summed E-state index contributed by atoms with van der Waals surface area (Å²) >= 11 is 0. The predicted octanol–water partition coefficient (Wildman–Crippen LogP) is 3.15. The monoisotopic (exact) mass is 382 g/mol. The Bertz CT molecular complexity index is 850. The van der Waals surface area contributed by atoms with Crippen molar-refractivity contribution in [3.63, 3.8) is 0 Å². The normalized spacial score (nSPS) is 13.5. The number of nitrogens with one attached hydrogen (secondary N) is 1. The Kier molecular flexibility index (Phi) is 6.53. The molecule has 6 nitrogen and oxygen atoms in total. The molecule has 6 heteroatoms. The summed E-state index contributed by atoms with van der Waals surface area (Å²) < 4.78 is 10.8. The molecule has 1 saturated heterocycles. The van der Waals surface area contributed by atoms with E-state index in [0.29, 0.717) is 43.2 Å². The highest BCUT2D eigenvalue weighted by Crippen LogP contribution is 2.28. The van der Waals surface area contributed by atoms with E-state index in [9.17, 15) is 9.59 Å². The van der Waals surface area contributed by atoms with E-state index in [4.69, 9.17) is 9.47 Å². The third kappa shape index (κ3) is 4.63. The van der Waals surface area contributed by atoms with E-state index in [0.717, 1.165) is 24.1 Å². The molecule has 1 aliphatic rings.